The summed E-state index contributed by atoms with van der Waals surface area (Å²) in [6, 6.07) is 9.94. The number of aromatic nitrogens is 3. The van der Waals surface area contributed by atoms with Crippen molar-refractivity contribution in [2.24, 2.45) is 0 Å². The van der Waals surface area contributed by atoms with Crippen LogP contribution in [0, 0.1) is 0 Å². The van der Waals surface area contributed by atoms with Gasteiger partial charge in [-0.3, -0.25) is 0 Å². The fourth-order valence-electron chi connectivity index (χ4n) is 1.79. The highest BCUT2D eigenvalue weighted by Gasteiger charge is 2.21. The fourth-order valence-corrected chi connectivity index (χ4v) is 1.79. The van der Waals surface area contributed by atoms with Crippen molar-refractivity contribution in [3.8, 4) is 11.3 Å². The lowest BCUT2D eigenvalue weighted by Gasteiger charge is -2.26. The number of rotatable bonds is 6. The molecule has 0 aliphatic heterocycles. The van der Waals surface area contributed by atoms with Crippen LogP contribution in [0.5, 0.6) is 0 Å². The van der Waals surface area contributed by atoms with E-state index in [1.165, 1.54) is 0 Å². The second-order valence-corrected chi connectivity index (χ2v) is 4.91. The van der Waals surface area contributed by atoms with Crippen molar-refractivity contribution in [3.63, 3.8) is 0 Å². The first-order chi connectivity index (χ1) is 9.18. The van der Waals surface area contributed by atoms with Crippen molar-refractivity contribution in [3.05, 3.63) is 36.0 Å². The summed E-state index contributed by atoms with van der Waals surface area (Å²) in [7, 11) is 0. The lowest BCUT2D eigenvalue weighted by atomic mass is 10.00. The molecule has 0 spiro atoms. The second-order valence-electron chi connectivity index (χ2n) is 4.91. The predicted octanol–water partition coefficient (Wildman–Crippen LogP) is 1.72. The Labute approximate surface area is 113 Å². The van der Waals surface area contributed by atoms with Crippen molar-refractivity contribution >= 4 is 0 Å². The van der Waals surface area contributed by atoms with E-state index < -0.39 is 0 Å². The quantitative estimate of drug-likeness (QED) is 0.739. The van der Waals surface area contributed by atoms with E-state index in [-0.39, 0.29) is 12.1 Å². The largest absolute Gasteiger partial charge is 0.394 e. The third-order valence-corrected chi connectivity index (χ3v) is 3.48. The summed E-state index contributed by atoms with van der Waals surface area (Å²) in [5, 5.41) is 23.8. The van der Waals surface area contributed by atoms with Crippen molar-refractivity contribution in [2.45, 2.75) is 32.4 Å². The van der Waals surface area contributed by atoms with E-state index in [0.29, 0.717) is 6.54 Å². The van der Waals surface area contributed by atoms with Crippen LogP contribution < -0.4 is 5.32 Å². The lowest BCUT2D eigenvalue weighted by molar-refractivity contribution is 0.168. The van der Waals surface area contributed by atoms with Crippen molar-refractivity contribution < 1.29 is 5.11 Å². The Morgan fingerprint density at radius 1 is 1.26 bits per heavy atom. The van der Waals surface area contributed by atoms with Gasteiger partial charge < -0.3 is 10.4 Å². The number of aliphatic hydroxyl groups is 1. The number of nitrogens with zero attached hydrogens (tertiary/aromatic N) is 2. The van der Waals surface area contributed by atoms with Crippen molar-refractivity contribution in [1.29, 1.82) is 0 Å². The average Bonchev–Trinajstić information content (AvgIpc) is 2.94. The molecule has 0 amide bonds. The molecule has 19 heavy (non-hydrogen) atoms. The molecule has 0 fully saturated rings. The highest BCUT2D eigenvalue weighted by atomic mass is 16.3. The molecule has 2 rings (SSSR count). The summed E-state index contributed by atoms with van der Waals surface area (Å²) in [5.74, 6) is 0. The Kier molecular flexibility index (Phi) is 4.29. The molecule has 0 aliphatic carbocycles. The smallest absolute Gasteiger partial charge is 0.117 e. The Morgan fingerprint density at radius 3 is 2.63 bits per heavy atom. The van der Waals surface area contributed by atoms with Crippen molar-refractivity contribution in [1.82, 2.24) is 20.7 Å². The molecular weight excluding hydrogens is 240 g/mol. The van der Waals surface area contributed by atoms with Gasteiger partial charge in [-0.2, -0.15) is 15.4 Å². The van der Waals surface area contributed by atoms with Crippen LogP contribution in [0.15, 0.2) is 30.3 Å². The normalized spacial score (nSPS) is 14.3. The van der Waals surface area contributed by atoms with E-state index in [2.05, 4.69) is 20.7 Å². The van der Waals surface area contributed by atoms with Crippen LogP contribution in [0.2, 0.25) is 0 Å². The number of aliphatic hydroxyl groups excluding tert-OH is 1. The maximum absolute atomic E-state index is 9.39. The molecule has 2 aromatic rings. The number of benzene rings is 1. The molecule has 0 bridgehead atoms. The minimum atomic E-state index is -0.285. The van der Waals surface area contributed by atoms with Gasteiger partial charge in [0.1, 0.15) is 11.4 Å². The van der Waals surface area contributed by atoms with E-state index in [0.717, 1.165) is 23.4 Å². The number of hydrogen-bond acceptors (Lipinski definition) is 4. The van der Waals surface area contributed by atoms with E-state index in [1.807, 2.05) is 44.2 Å². The van der Waals surface area contributed by atoms with Crippen molar-refractivity contribution in [2.75, 3.05) is 6.61 Å². The topological polar surface area (TPSA) is 73.8 Å². The number of nitrogens with one attached hydrogen (secondary N) is 2. The highest BCUT2D eigenvalue weighted by molar-refractivity contribution is 5.60. The number of H-pyrrole nitrogens is 1. The van der Waals surface area contributed by atoms with E-state index in [1.54, 1.807) is 0 Å². The molecule has 0 saturated carbocycles. The molecule has 1 heterocycles. The highest BCUT2D eigenvalue weighted by Crippen LogP contribution is 2.19. The molecule has 0 saturated heterocycles. The van der Waals surface area contributed by atoms with Crippen LogP contribution in [0.4, 0.5) is 0 Å². The molecule has 102 valence electrons. The Bertz CT molecular complexity index is 505. The zero-order chi connectivity index (χ0) is 13.7. The maximum atomic E-state index is 9.39. The Balaban J connectivity index is 2.13. The molecule has 5 nitrogen and oxygen atoms in total. The van der Waals surface area contributed by atoms with Gasteiger partial charge in [-0.15, -0.1) is 0 Å². The second kappa shape index (κ2) is 5.95. The van der Waals surface area contributed by atoms with Crippen LogP contribution in [0.25, 0.3) is 11.3 Å². The van der Waals surface area contributed by atoms with Gasteiger partial charge in [0.25, 0.3) is 0 Å². The van der Waals surface area contributed by atoms with Crippen LogP contribution in [-0.2, 0) is 6.54 Å². The molecule has 0 radical (unpaired) electrons. The molecule has 1 unspecified atom stereocenters. The summed E-state index contributed by atoms with van der Waals surface area (Å²) in [6.07, 6.45) is 0.849. The minimum absolute atomic E-state index is 0.0992. The SMILES string of the molecule is CCC(C)(CO)NCc1n[nH]nc1-c1ccccc1. The molecule has 1 aromatic heterocycles. The fraction of sp³-hybridized carbons (Fsp3) is 0.429. The zero-order valence-corrected chi connectivity index (χ0v) is 11.3. The molecule has 5 heteroatoms. The van der Waals surface area contributed by atoms with Crippen LogP contribution in [0.1, 0.15) is 26.0 Å². The molecule has 3 N–H and O–H groups in total. The van der Waals surface area contributed by atoms with Crippen LogP contribution in [-0.4, -0.2) is 32.7 Å². The van der Waals surface area contributed by atoms with E-state index in [4.69, 9.17) is 0 Å². The molecule has 0 aliphatic rings. The molecular formula is C14H20N4O. The number of hydrogen-bond donors (Lipinski definition) is 3. The van der Waals surface area contributed by atoms with Gasteiger partial charge >= 0.3 is 0 Å². The molecule has 1 aromatic carbocycles. The van der Waals surface area contributed by atoms with E-state index >= 15 is 0 Å². The summed E-state index contributed by atoms with van der Waals surface area (Å²) in [4.78, 5) is 0. The van der Waals surface area contributed by atoms with Crippen LogP contribution >= 0.6 is 0 Å². The van der Waals surface area contributed by atoms with E-state index in [9.17, 15) is 5.11 Å². The van der Waals surface area contributed by atoms with Gasteiger partial charge in [0.15, 0.2) is 0 Å². The van der Waals surface area contributed by atoms with Gasteiger partial charge in [-0.1, -0.05) is 37.3 Å². The van der Waals surface area contributed by atoms with Gasteiger partial charge in [-0.05, 0) is 13.3 Å². The third kappa shape index (κ3) is 3.19. The summed E-state index contributed by atoms with van der Waals surface area (Å²) in [6.45, 7) is 4.72. The summed E-state index contributed by atoms with van der Waals surface area (Å²) < 4.78 is 0. The Hall–Kier alpha value is -1.72. The van der Waals surface area contributed by atoms with Gasteiger partial charge in [0.2, 0.25) is 0 Å². The van der Waals surface area contributed by atoms with Gasteiger partial charge in [0.05, 0.1) is 6.61 Å². The van der Waals surface area contributed by atoms with Gasteiger partial charge in [0, 0.05) is 17.6 Å². The average molecular weight is 260 g/mol. The maximum Gasteiger partial charge on any atom is 0.117 e. The first kappa shape index (κ1) is 13.7. The standard InChI is InChI=1S/C14H20N4O/c1-3-14(2,10-19)15-9-12-13(17-18-16-12)11-7-5-4-6-8-11/h4-8,15,19H,3,9-10H2,1-2H3,(H,16,17,18). The summed E-state index contributed by atoms with van der Waals surface area (Å²) in [5.41, 5.74) is 2.46. The predicted molar refractivity (Wildman–Crippen MR) is 74.4 cm³/mol. The summed E-state index contributed by atoms with van der Waals surface area (Å²) >= 11 is 0. The first-order valence-electron chi connectivity index (χ1n) is 6.49. The zero-order valence-electron chi connectivity index (χ0n) is 11.3. The molecule has 1 atom stereocenters. The third-order valence-electron chi connectivity index (χ3n) is 3.48. The first-order valence-corrected chi connectivity index (χ1v) is 6.49. The minimum Gasteiger partial charge on any atom is -0.394 e. The van der Waals surface area contributed by atoms with Gasteiger partial charge in [-0.25, -0.2) is 0 Å². The van der Waals surface area contributed by atoms with Crippen LogP contribution in [0.3, 0.4) is 0 Å². The monoisotopic (exact) mass is 260 g/mol. The lowest BCUT2D eigenvalue weighted by Crippen LogP contribution is -2.44. The number of aromatic amines is 1. The Morgan fingerprint density at radius 2 is 2.00 bits per heavy atom.